The first-order valence-corrected chi connectivity index (χ1v) is 6.72. The first kappa shape index (κ1) is 12.7. The second-order valence-electron chi connectivity index (χ2n) is 5.90. The largest absolute Gasteiger partial charge is 0.365 e. The Morgan fingerprint density at radius 1 is 1.41 bits per heavy atom. The standard InChI is InChI=1S/C14H25N3/c1-14(2,13-8-5-9-16-13)10-17-12-7-4-3-6-11(12)15/h5,8-9,11-12,16-17H,3-4,6-7,10,15H2,1-2H3. The molecule has 0 aromatic carbocycles. The van der Waals surface area contributed by atoms with E-state index in [1.807, 2.05) is 6.20 Å². The van der Waals surface area contributed by atoms with Crippen molar-refractivity contribution in [2.75, 3.05) is 6.54 Å². The molecule has 1 aromatic rings. The van der Waals surface area contributed by atoms with Crippen molar-refractivity contribution in [1.29, 1.82) is 0 Å². The maximum absolute atomic E-state index is 6.16. The van der Waals surface area contributed by atoms with Crippen molar-refractivity contribution in [2.45, 2.75) is 57.0 Å². The maximum atomic E-state index is 6.16. The van der Waals surface area contributed by atoms with Crippen molar-refractivity contribution >= 4 is 0 Å². The van der Waals surface area contributed by atoms with Crippen LogP contribution in [0.15, 0.2) is 18.3 Å². The number of hydrogen-bond donors (Lipinski definition) is 3. The van der Waals surface area contributed by atoms with Gasteiger partial charge in [0.15, 0.2) is 0 Å². The number of aromatic amines is 1. The van der Waals surface area contributed by atoms with Crippen LogP contribution in [0, 0.1) is 0 Å². The number of H-pyrrole nitrogens is 1. The van der Waals surface area contributed by atoms with Gasteiger partial charge in [-0.1, -0.05) is 26.7 Å². The summed E-state index contributed by atoms with van der Waals surface area (Å²) in [5, 5.41) is 3.65. The first-order valence-electron chi connectivity index (χ1n) is 6.72. The van der Waals surface area contributed by atoms with E-state index in [1.54, 1.807) is 0 Å². The second kappa shape index (κ2) is 5.23. The molecule has 1 fully saturated rings. The van der Waals surface area contributed by atoms with E-state index in [-0.39, 0.29) is 5.41 Å². The van der Waals surface area contributed by atoms with Crippen LogP contribution in [0.25, 0.3) is 0 Å². The van der Waals surface area contributed by atoms with Crippen LogP contribution in [-0.4, -0.2) is 23.6 Å². The quantitative estimate of drug-likeness (QED) is 0.749. The molecule has 1 aliphatic rings. The lowest BCUT2D eigenvalue weighted by molar-refractivity contribution is 0.304. The molecule has 2 unspecified atom stereocenters. The van der Waals surface area contributed by atoms with Crippen LogP contribution >= 0.6 is 0 Å². The van der Waals surface area contributed by atoms with Gasteiger partial charge >= 0.3 is 0 Å². The number of nitrogens with two attached hydrogens (primary N) is 1. The average Bonchev–Trinajstić information content (AvgIpc) is 2.82. The molecular weight excluding hydrogens is 210 g/mol. The molecule has 0 bridgehead atoms. The SMILES string of the molecule is CC(C)(CNC1CCCCC1N)c1ccc[nH]1. The second-order valence-corrected chi connectivity index (χ2v) is 5.90. The minimum Gasteiger partial charge on any atom is -0.365 e. The molecule has 17 heavy (non-hydrogen) atoms. The van der Waals surface area contributed by atoms with Gasteiger partial charge in [-0.25, -0.2) is 0 Å². The molecule has 0 saturated heterocycles. The summed E-state index contributed by atoms with van der Waals surface area (Å²) in [6.45, 7) is 5.51. The van der Waals surface area contributed by atoms with Crippen LogP contribution in [0.5, 0.6) is 0 Å². The third-order valence-electron chi connectivity index (χ3n) is 3.95. The Hall–Kier alpha value is -0.800. The van der Waals surface area contributed by atoms with Crippen LogP contribution in [0.4, 0.5) is 0 Å². The van der Waals surface area contributed by atoms with Gasteiger partial charge in [-0.05, 0) is 25.0 Å². The molecule has 4 N–H and O–H groups in total. The molecule has 1 saturated carbocycles. The van der Waals surface area contributed by atoms with Crippen molar-refractivity contribution in [3.8, 4) is 0 Å². The molecule has 0 aliphatic heterocycles. The zero-order valence-corrected chi connectivity index (χ0v) is 11.0. The van der Waals surface area contributed by atoms with E-state index < -0.39 is 0 Å². The molecule has 0 spiro atoms. The Labute approximate surface area is 104 Å². The zero-order valence-electron chi connectivity index (χ0n) is 11.0. The summed E-state index contributed by atoms with van der Waals surface area (Å²) in [4.78, 5) is 3.31. The van der Waals surface area contributed by atoms with E-state index in [0.717, 1.165) is 6.54 Å². The van der Waals surface area contributed by atoms with Gasteiger partial charge in [-0.3, -0.25) is 0 Å². The van der Waals surface area contributed by atoms with E-state index in [1.165, 1.54) is 31.4 Å². The number of rotatable bonds is 4. The van der Waals surface area contributed by atoms with Crippen molar-refractivity contribution in [2.24, 2.45) is 5.73 Å². The van der Waals surface area contributed by atoms with Crippen molar-refractivity contribution in [3.05, 3.63) is 24.0 Å². The average molecular weight is 235 g/mol. The molecule has 2 rings (SSSR count). The molecule has 1 aliphatic carbocycles. The predicted molar refractivity (Wildman–Crippen MR) is 72.1 cm³/mol. The third kappa shape index (κ3) is 3.11. The zero-order chi connectivity index (χ0) is 12.3. The molecule has 2 atom stereocenters. The highest BCUT2D eigenvalue weighted by Gasteiger charge is 2.26. The van der Waals surface area contributed by atoms with E-state index in [4.69, 9.17) is 5.73 Å². The van der Waals surface area contributed by atoms with Crippen molar-refractivity contribution in [3.63, 3.8) is 0 Å². The molecule has 3 nitrogen and oxygen atoms in total. The first-order chi connectivity index (χ1) is 8.09. The smallest absolute Gasteiger partial charge is 0.0219 e. The fraction of sp³-hybridized carbons (Fsp3) is 0.714. The number of aromatic nitrogens is 1. The van der Waals surface area contributed by atoms with Crippen LogP contribution in [0.3, 0.4) is 0 Å². The fourth-order valence-electron chi connectivity index (χ4n) is 2.65. The summed E-state index contributed by atoms with van der Waals surface area (Å²) in [5.41, 5.74) is 7.58. The van der Waals surface area contributed by atoms with Gasteiger partial charge < -0.3 is 16.0 Å². The molecular formula is C14H25N3. The lowest BCUT2D eigenvalue weighted by atomic mass is 9.86. The molecule has 1 aromatic heterocycles. The lowest BCUT2D eigenvalue weighted by Gasteiger charge is -2.33. The van der Waals surface area contributed by atoms with Gasteiger partial charge in [0.2, 0.25) is 0 Å². The summed E-state index contributed by atoms with van der Waals surface area (Å²) < 4.78 is 0. The highest BCUT2D eigenvalue weighted by molar-refractivity contribution is 5.15. The van der Waals surface area contributed by atoms with E-state index in [0.29, 0.717) is 12.1 Å². The molecule has 0 radical (unpaired) electrons. The summed E-state index contributed by atoms with van der Waals surface area (Å²) >= 11 is 0. The third-order valence-corrected chi connectivity index (χ3v) is 3.95. The summed E-state index contributed by atoms with van der Waals surface area (Å²) in [5.74, 6) is 0. The maximum Gasteiger partial charge on any atom is 0.0219 e. The minimum absolute atomic E-state index is 0.140. The van der Waals surface area contributed by atoms with Gasteiger partial charge in [0, 0.05) is 35.9 Å². The summed E-state index contributed by atoms with van der Waals surface area (Å²) in [7, 11) is 0. The fourth-order valence-corrected chi connectivity index (χ4v) is 2.65. The Morgan fingerprint density at radius 2 is 2.18 bits per heavy atom. The van der Waals surface area contributed by atoms with Crippen molar-refractivity contribution < 1.29 is 0 Å². The molecule has 96 valence electrons. The Balaban J connectivity index is 1.88. The van der Waals surface area contributed by atoms with Crippen molar-refractivity contribution in [1.82, 2.24) is 10.3 Å². The van der Waals surface area contributed by atoms with E-state index in [9.17, 15) is 0 Å². The predicted octanol–water partition coefficient (Wildman–Crippen LogP) is 2.15. The number of nitrogens with one attached hydrogen (secondary N) is 2. The van der Waals surface area contributed by atoms with Gasteiger partial charge in [0.05, 0.1) is 0 Å². The Bertz CT molecular complexity index is 329. The van der Waals surface area contributed by atoms with Crippen LogP contribution in [0.2, 0.25) is 0 Å². The molecule has 1 heterocycles. The monoisotopic (exact) mass is 235 g/mol. The van der Waals surface area contributed by atoms with E-state index >= 15 is 0 Å². The van der Waals surface area contributed by atoms with Gasteiger partial charge in [-0.15, -0.1) is 0 Å². The number of hydrogen-bond acceptors (Lipinski definition) is 2. The summed E-state index contributed by atoms with van der Waals surface area (Å²) in [6, 6.07) is 5.05. The molecule has 0 amide bonds. The van der Waals surface area contributed by atoms with Crippen LogP contribution in [-0.2, 0) is 5.41 Å². The Kier molecular flexibility index (Phi) is 3.89. The normalized spacial score (nSPS) is 26.1. The molecule has 3 heteroatoms. The van der Waals surface area contributed by atoms with Crippen LogP contribution < -0.4 is 11.1 Å². The highest BCUT2D eigenvalue weighted by Crippen LogP contribution is 2.22. The lowest BCUT2D eigenvalue weighted by Crippen LogP contribution is -2.50. The van der Waals surface area contributed by atoms with Gasteiger partial charge in [0.1, 0.15) is 0 Å². The van der Waals surface area contributed by atoms with Crippen LogP contribution in [0.1, 0.15) is 45.2 Å². The highest BCUT2D eigenvalue weighted by atomic mass is 15.0. The van der Waals surface area contributed by atoms with E-state index in [2.05, 4.69) is 36.3 Å². The topological polar surface area (TPSA) is 53.8 Å². The Morgan fingerprint density at radius 3 is 2.82 bits per heavy atom. The van der Waals surface area contributed by atoms with Gasteiger partial charge in [0.25, 0.3) is 0 Å². The minimum atomic E-state index is 0.140. The van der Waals surface area contributed by atoms with Gasteiger partial charge in [-0.2, -0.15) is 0 Å². The summed E-state index contributed by atoms with van der Waals surface area (Å²) in [6.07, 6.45) is 6.99.